The standard InChI is InChI=1S/C16H16Cl2N4O3/c1-9-19-15(25-21-9)10-4-3-7-22(8-10)16(24)14(23)20-12-6-2-5-11(17)13(12)18/h2,5-6,10H,3-4,7-8H2,1H3,(H,20,23)/t10-/m0/s1. The molecule has 3 rings (SSSR count). The van der Waals surface area contributed by atoms with Crippen LogP contribution in [0, 0.1) is 6.92 Å². The second kappa shape index (κ2) is 7.41. The van der Waals surface area contributed by atoms with Crippen molar-refractivity contribution >= 4 is 40.7 Å². The Morgan fingerprint density at radius 1 is 1.36 bits per heavy atom. The van der Waals surface area contributed by atoms with Gasteiger partial charge in [0, 0.05) is 13.1 Å². The van der Waals surface area contributed by atoms with E-state index in [0.29, 0.717) is 35.5 Å². The number of carbonyl (C=O) groups excluding carboxylic acids is 2. The molecule has 0 radical (unpaired) electrons. The highest BCUT2D eigenvalue weighted by Gasteiger charge is 2.31. The number of hydrogen-bond acceptors (Lipinski definition) is 5. The van der Waals surface area contributed by atoms with Gasteiger partial charge in [-0.05, 0) is 31.9 Å². The zero-order valence-electron chi connectivity index (χ0n) is 13.5. The van der Waals surface area contributed by atoms with E-state index in [9.17, 15) is 9.59 Å². The summed E-state index contributed by atoms with van der Waals surface area (Å²) in [7, 11) is 0. The quantitative estimate of drug-likeness (QED) is 0.806. The summed E-state index contributed by atoms with van der Waals surface area (Å²) in [6.07, 6.45) is 1.58. The summed E-state index contributed by atoms with van der Waals surface area (Å²) in [6.45, 7) is 2.59. The van der Waals surface area contributed by atoms with Gasteiger partial charge in [-0.2, -0.15) is 4.98 Å². The molecule has 7 nitrogen and oxygen atoms in total. The monoisotopic (exact) mass is 382 g/mol. The van der Waals surface area contributed by atoms with Crippen molar-refractivity contribution in [3.05, 3.63) is 40.0 Å². The van der Waals surface area contributed by atoms with Gasteiger partial charge in [0.05, 0.1) is 21.7 Å². The van der Waals surface area contributed by atoms with Crippen LogP contribution < -0.4 is 5.32 Å². The van der Waals surface area contributed by atoms with E-state index in [1.165, 1.54) is 4.90 Å². The summed E-state index contributed by atoms with van der Waals surface area (Å²) in [6, 6.07) is 4.83. The van der Waals surface area contributed by atoms with E-state index >= 15 is 0 Å². The molecular formula is C16H16Cl2N4O3. The number of rotatable bonds is 2. The maximum absolute atomic E-state index is 12.5. The van der Waals surface area contributed by atoms with Gasteiger partial charge in [-0.1, -0.05) is 34.4 Å². The van der Waals surface area contributed by atoms with E-state index in [4.69, 9.17) is 27.7 Å². The largest absolute Gasteiger partial charge is 0.339 e. The third-order valence-electron chi connectivity index (χ3n) is 4.00. The molecule has 0 spiro atoms. The molecule has 132 valence electrons. The molecule has 9 heteroatoms. The van der Waals surface area contributed by atoms with Crippen LogP contribution in [0.2, 0.25) is 10.0 Å². The first-order valence-electron chi connectivity index (χ1n) is 7.80. The van der Waals surface area contributed by atoms with Crippen molar-refractivity contribution in [2.75, 3.05) is 18.4 Å². The number of aryl methyl sites for hydroxylation is 1. The van der Waals surface area contributed by atoms with Gasteiger partial charge in [-0.15, -0.1) is 0 Å². The minimum absolute atomic E-state index is 0.0681. The number of hydrogen-bond donors (Lipinski definition) is 1. The van der Waals surface area contributed by atoms with Gasteiger partial charge >= 0.3 is 11.8 Å². The fourth-order valence-corrected chi connectivity index (χ4v) is 3.11. The van der Waals surface area contributed by atoms with Crippen LogP contribution in [-0.2, 0) is 9.59 Å². The number of halogens is 2. The van der Waals surface area contributed by atoms with Gasteiger partial charge in [-0.3, -0.25) is 9.59 Å². The predicted molar refractivity (Wildman–Crippen MR) is 92.7 cm³/mol. The number of nitrogens with zero attached hydrogens (tertiary/aromatic N) is 3. The average molecular weight is 383 g/mol. The highest BCUT2D eigenvalue weighted by Crippen LogP contribution is 2.30. The van der Waals surface area contributed by atoms with Crippen molar-refractivity contribution in [1.82, 2.24) is 15.0 Å². The lowest BCUT2D eigenvalue weighted by Gasteiger charge is -2.30. The van der Waals surface area contributed by atoms with Gasteiger partial charge in [-0.25, -0.2) is 0 Å². The van der Waals surface area contributed by atoms with E-state index in [2.05, 4.69) is 15.5 Å². The smallest absolute Gasteiger partial charge is 0.313 e. The van der Waals surface area contributed by atoms with Gasteiger partial charge in [0.2, 0.25) is 5.89 Å². The van der Waals surface area contributed by atoms with Crippen molar-refractivity contribution < 1.29 is 14.1 Å². The van der Waals surface area contributed by atoms with Crippen LogP contribution in [0.15, 0.2) is 22.7 Å². The Morgan fingerprint density at radius 2 is 2.16 bits per heavy atom. The first kappa shape index (κ1) is 17.7. The van der Waals surface area contributed by atoms with Crippen LogP contribution in [0.3, 0.4) is 0 Å². The molecule has 1 atom stereocenters. The summed E-state index contributed by atoms with van der Waals surface area (Å²) < 4.78 is 5.19. The zero-order chi connectivity index (χ0) is 18.0. The van der Waals surface area contributed by atoms with Gasteiger partial charge in [0.1, 0.15) is 0 Å². The van der Waals surface area contributed by atoms with Crippen LogP contribution in [0.25, 0.3) is 0 Å². The molecule has 1 aromatic heterocycles. The Bertz CT molecular complexity index is 808. The molecule has 25 heavy (non-hydrogen) atoms. The third-order valence-corrected chi connectivity index (χ3v) is 4.81. The molecular weight excluding hydrogens is 367 g/mol. The summed E-state index contributed by atoms with van der Waals surface area (Å²) in [5.41, 5.74) is 0.300. The predicted octanol–water partition coefficient (Wildman–Crippen LogP) is 3.03. The number of amides is 2. The Morgan fingerprint density at radius 3 is 2.88 bits per heavy atom. The molecule has 2 heterocycles. The van der Waals surface area contributed by atoms with Crippen LogP contribution in [0.4, 0.5) is 5.69 Å². The van der Waals surface area contributed by atoms with Crippen molar-refractivity contribution in [3.63, 3.8) is 0 Å². The lowest BCUT2D eigenvalue weighted by molar-refractivity contribution is -0.144. The minimum atomic E-state index is -0.758. The Labute approximate surface area is 154 Å². The van der Waals surface area contributed by atoms with Crippen LogP contribution in [0.5, 0.6) is 0 Å². The van der Waals surface area contributed by atoms with Crippen molar-refractivity contribution in [2.45, 2.75) is 25.7 Å². The number of aromatic nitrogens is 2. The number of likely N-dealkylation sites (tertiary alicyclic amines) is 1. The molecule has 1 saturated heterocycles. The SMILES string of the molecule is Cc1noc([C@H]2CCCN(C(=O)C(=O)Nc3cccc(Cl)c3Cl)C2)n1. The lowest BCUT2D eigenvalue weighted by Crippen LogP contribution is -2.44. The Kier molecular flexibility index (Phi) is 5.24. The van der Waals surface area contributed by atoms with Gasteiger partial charge in [0.25, 0.3) is 0 Å². The van der Waals surface area contributed by atoms with E-state index in [-0.39, 0.29) is 10.9 Å². The number of benzene rings is 1. The number of piperidine rings is 1. The molecule has 0 unspecified atom stereocenters. The summed E-state index contributed by atoms with van der Waals surface area (Å²) >= 11 is 11.9. The third kappa shape index (κ3) is 3.93. The first-order chi connectivity index (χ1) is 12.0. The zero-order valence-corrected chi connectivity index (χ0v) is 15.0. The van der Waals surface area contributed by atoms with Crippen LogP contribution >= 0.6 is 23.2 Å². The summed E-state index contributed by atoms with van der Waals surface area (Å²) in [5.74, 6) is -0.412. The van der Waals surface area contributed by atoms with E-state index in [0.717, 1.165) is 12.8 Å². The molecule has 0 bridgehead atoms. The van der Waals surface area contributed by atoms with Crippen molar-refractivity contribution in [3.8, 4) is 0 Å². The number of anilines is 1. The Hall–Kier alpha value is -2.12. The molecule has 2 amide bonds. The minimum Gasteiger partial charge on any atom is -0.339 e. The molecule has 0 saturated carbocycles. The molecule has 1 aliphatic rings. The summed E-state index contributed by atoms with van der Waals surface area (Å²) in [5, 5.41) is 6.78. The normalized spacial score (nSPS) is 17.4. The molecule has 0 aliphatic carbocycles. The van der Waals surface area contributed by atoms with Crippen LogP contribution in [0.1, 0.15) is 30.5 Å². The maximum atomic E-state index is 12.5. The Balaban J connectivity index is 1.67. The summed E-state index contributed by atoms with van der Waals surface area (Å²) in [4.78, 5) is 30.4. The second-order valence-electron chi connectivity index (χ2n) is 5.83. The van der Waals surface area contributed by atoms with Crippen LogP contribution in [-0.4, -0.2) is 39.9 Å². The first-order valence-corrected chi connectivity index (χ1v) is 8.55. The van der Waals surface area contributed by atoms with E-state index < -0.39 is 11.8 Å². The van der Waals surface area contributed by atoms with Crippen molar-refractivity contribution in [2.24, 2.45) is 0 Å². The fourth-order valence-electron chi connectivity index (χ4n) is 2.76. The highest BCUT2D eigenvalue weighted by molar-refractivity contribution is 6.45. The maximum Gasteiger partial charge on any atom is 0.313 e. The topological polar surface area (TPSA) is 88.3 Å². The second-order valence-corrected chi connectivity index (χ2v) is 6.61. The average Bonchev–Trinajstić information content (AvgIpc) is 3.05. The number of carbonyl (C=O) groups is 2. The molecule has 1 N–H and O–H groups in total. The molecule has 1 aliphatic heterocycles. The fraction of sp³-hybridized carbons (Fsp3) is 0.375. The van der Waals surface area contributed by atoms with E-state index in [1.54, 1.807) is 25.1 Å². The van der Waals surface area contributed by atoms with Gasteiger partial charge in [0.15, 0.2) is 5.82 Å². The molecule has 1 aromatic carbocycles. The van der Waals surface area contributed by atoms with Gasteiger partial charge < -0.3 is 14.7 Å². The highest BCUT2D eigenvalue weighted by atomic mass is 35.5. The molecule has 1 fully saturated rings. The van der Waals surface area contributed by atoms with Crippen molar-refractivity contribution in [1.29, 1.82) is 0 Å². The molecule has 2 aromatic rings. The lowest BCUT2D eigenvalue weighted by atomic mass is 9.98. The van der Waals surface area contributed by atoms with E-state index in [1.807, 2.05) is 0 Å². The number of nitrogens with one attached hydrogen (secondary N) is 1.